The van der Waals surface area contributed by atoms with E-state index in [0.29, 0.717) is 11.7 Å². The molecule has 1 aromatic rings. The number of nitrogens with zero attached hydrogens (tertiary/aromatic N) is 2. The molecule has 0 bridgehead atoms. The molecule has 0 radical (unpaired) electrons. The Hall–Kier alpha value is -1.75. The standard InChI is InChI=1S/C14H22N4O/c1-10(19)16-13-8-11(15)4-5-14(13)18-7-6-12(9-18)17(2)3/h4-5,8,12H,6-7,9,15H2,1-3H3,(H,16,19). The highest BCUT2D eigenvalue weighted by atomic mass is 16.1. The molecular weight excluding hydrogens is 240 g/mol. The third-order valence-electron chi connectivity index (χ3n) is 3.57. The van der Waals surface area contributed by atoms with Gasteiger partial charge in [-0.15, -0.1) is 0 Å². The van der Waals surface area contributed by atoms with Crippen LogP contribution in [0, 0.1) is 0 Å². The molecule has 1 aliphatic heterocycles. The largest absolute Gasteiger partial charge is 0.399 e. The maximum atomic E-state index is 11.3. The zero-order valence-corrected chi connectivity index (χ0v) is 11.8. The van der Waals surface area contributed by atoms with Crippen LogP contribution in [0.2, 0.25) is 0 Å². The lowest BCUT2D eigenvalue weighted by Gasteiger charge is -2.24. The van der Waals surface area contributed by atoms with Gasteiger partial charge in [-0.05, 0) is 38.7 Å². The van der Waals surface area contributed by atoms with Crippen molar-refractivity contribution in [1.29, 1.82) is 0 Å². The number of rotatable bonds is 3. The van der Waals surface area contributed by atoms with Gasteiger partial charge in [0.25, 0.3) is 0 Å². The van der Waals surface area contributed by atoms with E-state index in [1.165, 1.54) is 6.92 Å². The molecule has 2 rings (SSSR count). The van der Waals surface area contributed by atoms with Crippen molar-refractivity contribution in [2.45, 2.75) is 19.4 Å². The number of nitrogens with one attached hydrogen (secondary N) is 1. The highest BCUT2D eigenvalue weighted by Crippen LogP contribution is 2.31. The molecule has 3 N–H and O–H groups in total. The Morgan fingerprint density at radius 1 is 1.47 bits per heavy atom. The Labute approximate surface area is 114 Å². The Balaban J connectivity index is 2.22. The van der Waals surface area contributed by atoms with Crippen molar-refractivity contribution in [3.8, 4) is 0 Å². The molecule has 5 nitrogen and oxygen atoms in total. The number of nitrogen functional groups attached to an aromatic ring is 1. The molecular formula is C14H22N4O. The van der Waals surface area contributed by atoms with Crippen LogP contribution in [0.1, 0.15) is 13.3 Å². The van der Waals surface area contributed by atoms with E-state index in [2.05, 4.69) is 29.2 Å². The summed E-state index contributed by atoms with van der Waals surface area (Å²) in [6.07, 6.45) is 1.14. The first-order valence-corrected chi connectivity index (χ1v) is 6.56. The summed E-state index contributed by atoms with van der Waals surface area (Å²) in [5.74, 6) is -0.0739. The average Bonchev–Trinajstić information content (AvgIpc) is 2.77. The Morgan fingerprint density at radius 2 is 2.21 bits per heavy atom. The van der Waals surface area contributed by atoms with Gasteiger partial charge in [-0.2, -0.15) is 0 Å². The van der Waals surface area contributed by atoms with Crippen LogP contribution in [0.5, 0.6) is 0 Å². The maximum Gasteiger partial charge on any atom is 0.221 e. The van der Waals surface area contributed by atoms with Crippen LogP contribution >= 0.6 is 0 Å². The maximum absolute atomic E-state index is 11.3. The zero-order valence-electron chi connectivity index (χ0n) is 11.8. The van der Waals surface area contributed by atoms with E-state index in [0.717, 1.165) is 30.9 Å². The van der Waals surface area contributed by atoms with Crippen LogP contribution < -0.4 is 16.0 Å². The molecule has 0 aliphatic carbocycles. The van der Waals surface area contributed by atoms with Crippen molar-refractivity contribution in [2.75, 3.05) is 43.1 Å². The summed E-state index contributed by atoms with van der Waals surface area (Å²) in [6.45, 7) is 3.49. The number of benzene rings is 1. The molecule has 5 heteroatoms. The van der Waals surface area contributed by atoms with Crippen LogP contribution in [0.4, 0.5) is 17.1 Å². The lowest BCUT2D eigenvalue weighted by atomic mass is 10.2. The zero-order chi connectivity index (χ0) is 14.0. The third-order valence-corrected chi connectivity index (χ3v) is 3.57. The molecule has 1 aliphatic rings. The molecule has 0 spiro atoms. The Bertz CT molecular complexity index is 473. The molecule has 0 saturated carbocycles. The van der Waals surface area contributed by atoms with Crippen molar-refractivity contribution >= 4 is 23.0 Å². The highest BCUT2D eigenvalue weighted by molar-refractivity contribution is 5.93. The van der Waals surface area contributed by atoms with Crippen LogP contribution in [0.3, 0.4) is 0 Å². The van der Waals surface area contributed by atoms with Gasteiger partial charge in [0.05, 0.1) is 11.4 Å². The second kappa shape index (κ2) is 5.48. The average molecular weight is 262 g/mol. The SMILES string of the molecule is CC(=O)Nc1cc(N)ccc1N1CCC(N(C)C)C1. The fraction of sp³-hybridized carbons (Fsp3) is 0.500. The number of anilines is 3. The van der Waals surface area contributed by atoms with Gasteiger partial charge in [-0.25, -0.2) is 0 Å². The van der Waals surface area contributed by atoms with Crippen LogP contribution in [-0.4, -0.2) is 44.0 Å². The molecule has 1 saturated heterocycles. The van der Waals surface area contributed by atoms with Gasteiger partial charge in [0.15, 0.2) is 0 Å². The smallest absolute Gasteiger partial charge is 0.221 e. The van der Waals surface area contributed by atoms with Crippen LogP contribution in [0.25, 0.3) is 0 Å². The Kier molecular flexibility index (Phi) is 3.95. The lowest BCUT2D eigenvalue weighted by Crippen LogP contribution is -2.31. The van der Waals surface area contributed by atoms with Crippen molar-refractivity contribution < 1.29 is 4.79 Å². The number of amides is 1. The van der Waals surface area contributed by atoms with Crippen LogP contribution in [-0.2, 0) is 4.79 Å². The summed E-state index contributed by atoms with van der Waals surface area (Å²) >= 11 is 0. The summed E-state index contributed by atoms with van der Waals surface area (Å²) in [4.78, 5) is 15.8. The highest BCUT2D eigenvalue weighted by Gasteiger charge is 2.25. The molecule has 1 heterocycles. The van der Waals surface area contributed by atoms with Crippen molar-refractivity contribution in [3.05, 3.63) is 18.2 Å². The summed E-state index contributed by atoms with van der Waals surface area (Å²) in [5, 5.41) is 2.86. The molecule has 104 valence electrons. The van der Waals surface area contributed by atoms with Gasteiger partial charge >= 0.3 is 0 Å². The van der Waals surface area contributed by atoms with E-state index in [1.54, 1.807) is 0 Å². The number of hydrogen-bond acceptors (Lipinski definition) is 4. The summed E-state index contributed by atoms with van der Waals surface area (Å²) < 4.78 is 0. The van der Waals surface area contributed by atoms with Gasteiger partial charge in [-0.3, -0.25) is 4.79 Å². The minimum Gasteiger partial charge on any atom is -0.399 e. The molecule has 19 heavy (non-hydrogen) atoms. The number of nitrogens with two attached hydrogens (primary N) is 1. The van der Waals surface area contributed by atoms with E-state index in [-0.39, 0.29) is 5.91 Å². The molecule has 1 aromatic carbocycles. The monoisotopic (exact) mass is 262 g/mol. The van der Waals surface area contributed by atoms with Gasteiger partial charge in [0.1, 0.15) is 0 Å². The van der Waals surface area contributed by atoms with Gasteiger partial charge < -0.3 is 20.9 Å². The molecule has 1 unspecified atom stereocenters. The third kappa shape index (κ3) is 3.17. The normalized spacial score (nSPS) is 18.9. The predicted molar refractivity (Wildman–Crippen MR) is 79.5 cm³/mol. The number of carbonyl (C=O) groups is 1. The fourth-order valence-corrected chi connectivity index (χ4v) is 2.50. The number of hydrogen-bond donors (Lipinski definition) is 2. The number of carbonyl (C=O) groups excluding carboxylic acids is 1. The van der Waals surface area contributed by atoms with E-state index in [4.69, 9.17) is 5.73 Å². The van der Waals surface area contributed by atoms with Gasteiger partial charge in [0.2, 0.25) is 5.91 Å². The molecule has 1 fully saturated rings. The second-order valence-corrected chi connectivity index (χ2v) is 5.31. The lowest BCUT2D eigenvalue weighted by molar-refractivity contribution is -0.114. The predicted octanol–water partition coefficient (Wildman–Crippen LogP) is 1.37. The minimum absolute atomic E-state index is 0.0739. The minimum atomic E-state index is -0.0739. The van der Waals surface area contributed by atoms with Crippen molar-refractivity contribution in [1.82, 2.24) is 4.90 Å². The topological polar surface area (TPSA) is 61.6 Å². The van der Waals surface area contributed by atoms with E-state index < -0.39 is 0 Å². The molecule has 1 atom stereocenters. The fourth-order valence-electron chi connectivity index (χ4n) is 2.50. The van der Waals surface area contributed by atoms with E-state index in [9.17, 15) is 4.79 Å². The Morgan fingerprint density at radius 3 is 2.79 bits per heavy atom. The summed E-state index contributed by atoms with van der Waals surface area (Å²) in [7, 11) is 4.21. The first-order valence-electron chi connectivity index (χ1n) is 6.56. The van der Waals surface area contributed by atoms with E-state index >= 15 is 0 Å². The van der Waals surface area contributed by atoms with Crippen LogP contribution in [0.15, 0.2) is 18.2 Å². The molecule has 0 aromatic heterocycles. The molecule has 1 amide bonds. The quantitative estimate of drug-likeness (QED) is 0.808. The van der Waals surface area contributed by atoms with E-state index in [1.807, 2.05) is 18.2 Å². The van der Waals surface area contributed by atoms with Crippen molar-refractivity contribution in [2.24, 2.45) is 0 Å². The number of likely N-dealkylation sites (N-methyl/N-ethyl adjacent to an activating group) is 1. The first kappa shape index (κ1) is 13.7. The second-order valence-electron chi connectivity index (χ2n) is 5.31. The summed E-state index contributed by atoms with van der Waals surface area (Å²) in [5.41, 5.74) is 8.31. The first-order chi connectivity index (χ1) is 8.97. The van der Waals surface area contributed by atoms with Gasteiger partial charge in [-0.1, -0.05) is 0 Å². The van der Waals surface area contributed by atoms with Gasteiger partial charge in [0, 0.05) is 31.7 Å². The van der Waals surface area contributed by atoms with Crippen molar-refractivity contribution in [3.63, 3.8) is 0 Å². The summed E-state index contributed by atoms with van der Waals surface area (Å²) in [6, 6.07) is 6.24.